The van der Waals surface area contributed by atoms with Gasteiger partial charge in [-0.05, 0) is 57.2 Å². The van der Waals surface area contributed by atoms with Crippen molar-refractivity contribution in [2.45, 2.75) is 27.5 Å². The molecule has 0 saturated carbocycles. The molecule has 3 rings (SSSR count). The third-order valence-corrected chi connectivity index (χ3v) is 4.64. The van der Waals surface area contributed by atoms with Gasteiger partial charge >= 0.3 is 5.97 Å². The molecule has 29 heavy (non-hydrogen) atoms. The number of hydrogen-bond donors (Lipinski definition) is 1. The number of fused-ring (bicyclic) bond motifs is 1. The summed E-state index contributed by atoms with van der Waals surface area (Å²) in [6.07, 6.45) is 0. The van der Waals surface area contributed by atoms with E-state index in [4.69, 9.17) is 39.5 Å². The van der Waals surface area contributed by atoms with Crippen molar-refractivity contribution in [3.8, 4) is 0 Å². The highest BCUT2D eigenvalue weighted by atomic mass is 35.5. The van der Waals surface area contributed by atoms with Crippen LogP contribution in [0.15, 0.2) is 41.2 Å². The first-order valence-electron chi connectivity index (χ1n) is 8.65. The Bertz CT molecular complexity index is 1130. The molecule has 0 fully saturated rings. The van der Waals surface area contributed by atoms with Crippen LogP contribution in [0, 0.1) is 5.41 Å². The summed E-state index contributed by atoms with van der Waals surface area (Å²) >= 11 is 18.2. The first-order valence-corrected chi connectivity index (χ1v) is 9.78. The van der Waals surface area contributed by atoms with Crippen molar-refractivity contribution in [1.82, 2.24) is 9.55 Å². The molecular formula is C20H18Cl3N3O3. The molecule has 1 N–H and O–H groups in total. The van der Waals surface area contributed by atoms with E-state index in [1.807, 2.05) is 0 Å². The summed E-state index contributed by atoms with van der Waals surface area (Å²) in [7, 11) is 0. The highest BCUT2D eigenvalue weighted by Gasteiger charge is 2.24. The van der Waals surface area contributed by atoms with Crippen molar-refractivity contribution in [3.05, 3.63) is 61.8 Å². The van der Waals surface area contributed by atoms with Crippen LogP contribution in [0.5, 0.6) is 0 Å². The highest BCUT2D eigenvalue weighted by molar-refractivity contribution is 6.35. The molecule has 0 unspecified atom stereocenters. The summed E-state index contributed by atoms with van der Waals surface area (Å²) in [4.78, 5) is 29.7. The summed E-state index contributed by atoms with van der Waals surface area (Å²) in [6.45, 7) is 4.88. The molecule has 6 nitrogen and oxygen atoms in total. The molecule has 0 radical (unpaired) electrons. The van der Waals surface area contributed by atoms with Gasteiger partial charge in [0, 0.05) is 20.8 Å². The number of aromatic nitrogens is 2. The molecule has 0 atom stereocenters. The first kappa shape index (κ1) is 21.4. The predicted octanol–water partition coefficient (Wildman–Crippen LogP) is 5.65. The Morgan fingerprint density at radius 3 is 2.34 bits per heavy atom. The van der Waals surface area contributed by atoms with Gasteiger partial charge in [-0.25, -0.2) is 9.55 Å². The average Bonchev–Trinajstić information content (AvgIpc) is 2.59. The van der Waals surface area contributed by atoms with Gasteiger partial charge in [-0.2, -0.15) is 0 Å². The number of ether oxygens (including phenoxy) is 1. The standard InChI is InChI=1S/C20H18Cl3N3O3/c1-20(2,3)18(28)29-10-26-17(27)15-5-4-11(21)9-16(15)25-19(26)24-14-7-12(22)6-13(23)8-14/h4-9H,10H2,1-3H3,(H,24,25). The summed E-state index contributed by atoms with van der Waals surface area (Å²) in [5.41, 5.74) is -0.178. The van der Waals surface area contributed by atoms with Gasteiger partial charge in [-0.15, -0.1) is 0 Å². The normalized spacial score (nSPS) is 11.5. The number of nitrogens with zero attached hydrogens (tertiary/aromatic N) is 2. The van der Waals surface area contributed by atoms with Crippen molar-refractivity contribution in [2.75, 3.05) is 5.32 Å². The second kappa shape index (κ2) is 8.22. The van der Waals surface area contributed by atoms with Gasteiger partial charge in [0.1, 0.15) is 0 Å². The van der Waals surface area contributed by atoms with Crippen molar-refractivity contribution < 1.29 is 9.53 Å². The summed E-state index contributed by atoms with van der Waals surface area (Å²) in [5.74, 6) is -0.290. The van der Waals surface area contributed by atoms with E-state index in [9.17, 15) is 9.59 Å². The molecule has 0 amide bonds. The number of rotatable bonds is 4. The SMILES string of the molecule is CC(C)(C)C(=O)OCn1c(Nc2cc(Cl)cc(Cl)c2)nc2cc(Cl)ccc2c1=O. The quantitative estimate of drug-likeness (QED) is 0.516. The Hall–Kier alpha value is -2.28. The van der Waals surface area contributed by atoms with Gasteiger partial charge in [0.15, 0.2) is 6.73 Å². The second-order valence-corrected chi connectivity index (χ2v) is 8.73. The molecule has 0 aliphatic rings. The third-order valence-electron chi connectivity index (χ3n) is 3.97. The van der Waals surface area contributed by atoms with Gasteiger partial charge in [-0.3, -0.25) is 9.59 Å². The van der Waals surface area contributed by atoms with Crippen LogP contribution in [-0.4, -0.2) is 15.5 Å². The molecule has 0 bridgehead atoms. The monoisotopic (exact) mass is 453 g/mol. The molecule has 0 aliphatic heterocycles. The van der Waals surface area contributed by atoms with E-state index in [-0.39, 0.29) is 18.2 Å². The van der Waals surface area contributed by atoms with Crippen molar-refractivity contribution in [2.24, 2.45) is 5.41 Å². The number of carbonyl (C=O) groups is 1. The summed E-state index contributed by atoms with van der Waals surface area (Å²) < 4.78 is 6.57. The van der Waals surface area contributed by atoms with Gasteiger partial charge in [0.25, 0.3) is 5.56 Å². The van der Waals surface area contributed by atoms with Gasteiger partial charge in [0.05, 0.1) is 16.3 Å². The summed E-state index contributed by atoms with van der Waals surface area (Å²) in [6, 6.07) is 9.61. The maximum Gasteiger partial charge on any atom is 0.312 e. The number of hydrogen-bond acceptors (Lipinski definition) is 5. The Morgan fingerprint density at radius 1 is 1.07 bits per heavy atom. The van der Waals surface area contributed by atoms with Crippen molar-refractivity contribution in [3.63, 3.8) is 0 Å². The van der Waals surface area contributed by atoms with Crippen molar-refractivity contribution in [1.29, 1.82) is 0 Å². The number of anilines is 2. The van der Waals surface area contributed by atoms with Gasteiger partial charge in [0.2, 0.25) is 5.95 Å². The lowest BCUT2D eigenvalue weighted by atomic mass is 9.98. The molecule has 2 aromatic carbocycles. The minimum Gasteiger partial charge on any atom is -0.443 e. The maximum absolute atomic E-state index is 13.0. The first-order chi connectivity index (χ1) is 13.5. The Morgan fingerprint density at radius 2 is 1.72 bits per heavy atom. The van der Waals surface area contributed by atoms with Crippen LogP contribution >= 0.6 is 34.8 Å². The largest absolute Gasteiger partial charge is 0.443 e. The number of carbonyl (C=O) groups excluding carboxylic acids is 1. The molecular weight excluding hydrogens is 437 g/mol. The third kappa shape index (κ3) is 5.01. The fourth-order valence-electron chi connectivity index (χ4n) is 2.50. The van der Waals surface area contributed by atoms with E-state index in [0.717, 1.165) is 0 Å². The lowest BCUT2D eigenvalue weighted by molar-refractivity contribution is -0.156. The van der Waals surface area contributed by atoms with Gasteiger partial charge in [-0.1, -0.05) is 34.8 Å². The zero-order chi connectivity index (χ0) is 21.3. The lowest BCUT2D eigenvalue weighted by Gasteiger charge is -2.19. The zero-order valence-corrected chi connectivity index (χ0v) is 18.2. The van der Waals surface area contributed by atoms with E-state index in [0.29, 0.717) is 31.7 Å². The van der Waals surface area contributed by atoms with Crippen LogP contribution in [0.2, 0.25) is 15.1 Å². The fourth-order valence-corrected chi connectivity index (χ4v) is 3.20. The van der Waals surface area contributed by atoms with Crippen LogP contribution < -0.4 is 10.9 Å². The molecule has 0 saturated heterocycles. The van der Waals surface area contributed by atoms with E-state index in [2.05, 4.69) is 10.3 Å². The molecule has 9 heteroatoms. The van der Waals surface area contributed by atoms with Crippen LogP contribution in [0.3, 0.4) is 0 Å². The average molecular weight is 455 g/mol. The summed E-state index contributed by atoms with van der Waals surface area (Å²) in [5, 5.41) is 4.63. The lowest BCUT2D eigenvalue weighted by Crippen LogP contribution is -2.30. The predicted molar refractivity (Wildman–Crippen MR) is 116 cm³/mol. The second-order valence-electron chi connectivity index (χ2n) is 7.42. The minimum absolute atomic E-state index is 0.157. The molecule has 0 aliphatic carbocycles. The molecule has 0 spiro atoms. The van der Waals surface area contributed by atoms with Crippen LogP contribution in [0.1, 0.15) is 20.8 Å². The van der Waals surface area contributed by atoms with E-state index in [1.54, 1.807) is 57.2 Å². The Balaban J connectivity index is 2.09. The van der Waals surface area contributed by atoms with Crippen LogP contribution in [0.25, 0.3) is 10.9 Å². The smallest absolute Gasteiger partial charge is 0.312 e. The van der Waals surface area contributed by atoms with Crippen LogP contribution in [0.4, 0.5) is 11.6 Å². The number of nitrogens with one attached hydrogen (secondary N) is 1. The number of halogens is 3. The minimum atomic E-state index is -0.713. The zero-order valence-electron chi connectivity index (χ0n) is 15.9. The maximum atomic E-state index is 13.0. The highest BCUT2D eigenvalue weighted by Crippen LogP contribution is 2.26. The van der Waals surface area contributed by atoms with E-state index < -0.39 is 11.4 Å². The fraction of sp³-hybridized carbons (Fsp3) is 0.250. The van der Waals surface area contributed by atoms with E-state index in [1.165, 1.54) is 4.57 Å². The van der Waals surface area contributed by atoms with Gasteiger partial charge < -0.3 is 10.1 Å². The number of esters is 1. The topological polar surface area (TPSA) is 73.2 Å². The molecule has 1 heterocycles. The van der Waals surface area contributed by atoms with E-state index >= 15 is 0 Å². The Labute approximate surface area is 182 Å². The molecule has 152 valence electrons. The van der Waals surface area contributed by atoms with Crippen molar-refractivity contribution >= 4 is 63.3 Å². The molecule has 3 aromatic rings. The number of benzene rings is 2. The Kier molecular flexibility index (Phi) is 6.08. The van der Waals surface area contributed by atoms with Crippen LogP contribution in [-0.2, 0) is 16.3 Å². The molecule has 1 aromatic heterocycles.